The average Bonchev–Trinajstić information content (AvgIpc) is 2.73. The van der Waals surface area contributed by atoms with Gasteiger partial charge in [0.25, 0.3) is 5.91 Å². The maximum Gasteiger partial charge on any atom is 0.263 e. The number of rotatable bonds is 5. The molecule has 2 aromatic rings. The van der Waals surface area contributed by atoms with E-state index in [4.69, 9.17) is 10.5 Å². The zero-order valence-electron chi connectivity index (χ0n) is 11.4. The topological polar surface area (TPSA) is 64.3 Å². The zero-order chi connectivity index (χ0) is 14.7. The first-order valence-corrected chi connectivity index (χ1v) is 7.88. The fraction of sp³-hybridized carbons (Fsp3) is 0.357. The van der Waals surface area contributed by atoms with E-state index in [1.165, 1.54) is 11.3 Å². The van der Waals surface area contributed by atoms with Crippen molar-refractivity contribution in [2.45, 2.75) is 6.92 Å². The molecule has 1 atom stereocenters. The Balaban J connectivity index is 2.16. The van der Waals surface area contributed by atoms with Crippen LogP contribution in [0.1, 0.15) is 16.6 Å². The van der Waals surface area contributed by atoms with Gasteiger partial charge in [0, 0.05) is 28.2 Å². The quantitative estimate of drug-likeness (QED) is 0.863. The van der Waals surface area contributed by atoms with Crippen LogP contribution in [0, 0.1) is 5.92 Å². The van der Waals surface area contributed by atoms with Crippen LogP contribution in [0.5, 0.6) is 0 Å². The molecule has 0 fully saturated rings. The molecule has 2 rings (SSSR count). The third kappa shape index (κ3) is 3.31. The Morgan fingerprint density at radius 1 is 1.55 bits per heavy atom. The van der Waals surface area contributed by atoms with E-state index in [9.17, 15) is 4.79 Å². The molecule has 1 aromatic heterocycles. The number of anilines is 1. The van der Waals surface area contributed by atoms with Crippen LogP contribution in [0.3, 0.4) is 0 Å². The first-order valence-electron chi connectivity index (χ1n) is 6.27. The van der Waals surface area contributed by atoms with Crippen molar-refractivity contribution in [3.05, 3.63) is 27.5 Å². The van der Waals surface area contributed by atoms with Crippen LogP contribution in [-0.2, 0) is 4.74 Å². The number of carbonyl (C=O) groups is 1. The number of thiophene rings is 1. The van der Waals surface area contributed by atoms with Gasteiger partial charge < -0.3 is 15.8 Å². The lowest BCUT2D eigenvalue weighted by Gasteiger charge is -2.10. The number of fused-ring (bicyclic) bond motifs is 1. The van der Waals surface area contributed by atoms with Gasteiger partial charge in [0.05, 0.1) is 12.3 Å². The predicted molar refractivity (Wildman–Crippen MR) is 87.3 cm³/mol. The summed E-state index contributed by atoms with van der Waals surface area (Å²) < 4.78 is 7.03. The Morgan fingerprint density at radius 2 is 2.30 bits per heavy atom. The molecule has 0 radical (unpaired) electrons. The standard InChI is InChI=1S/C14H17BrN2O2S/c1-8(7-19-2)6-17-14(18)13-12(16)10-4-3-9(15)5-11(10)20-13/h3-5,8H,6-7,16H2,1-2H3,(H,17,18). The molecule has 1 heterocycles. The summed E-state index contributed by atoms with van der Waals surface area (Å²) in [6.45, 7) is 3.22. The first-order chi connectivity index (χ1) is 9.52. The number of carbonyl (C=O) groups excluding carboxylic acids is 1. The van der Waals surface area contributed by atoms with Crippen molar-refractivity contribution >= 4 is 48.9 Å². The van der Waals surface area contributed by atoms with Gasteiger partial charge in [-0.15, -0.1) is 11.3 Å². The number of hydrogen-bond acceptors (Lipinski definition) is 4. The molecule has 108 valence electrons. The van der Waals surface area contributed by atoms with Gasteiger partial charge in [0.2, 0.25) is 0 Å². The molecule has 0 saturated carbocycles. The molecule has 0 bridgehead atoms. The summed E-state index contributed by atoms with van der Waals surface area (Å²) in [5, 5.41) is 3.82. The van der Waals surface area contributed by atoms with Crippen molar-refractivity contribution in [1.82, 2.24) is 5.32 Å². The van der Waals surface area contributed by atoms with Crippen molar-refractivity contribution in [1.29, 1.82) is 0 Å². The van der Waals surface area contributed by atoms with Crippen LogP contribution in [0.2, 0.25) is 0 Å². The van der Waals surface area contributed by atoms with Gasteiger partial charge in [0.1, 0.15) is 4.88 Å². The largest absolute Gasteiger partial charge is 0.397 e. The van der Waals surface area contributed by atoms with E-state index < -0.39 is 0 Å². The summed E-state index contributed by atoms with van der Waals surface area (Å²) in [4.78, 5) is 12.8. The number of nitrogen functional groups attached to an aromatic ring is 1. The molecule has 3 N–H and O–H groups in total. The third-order valence-corrected chi connectivity index (χ3v) is 4.62. The second-order valence-electron chi connectivity index (χ2n) is 4.76. The fourth-order valence-electron chi connectivity index (χ4n) is 1.95. The highest BCUT2D eigenvalue weighted by atomic mass is 79.9. The van der Waals surface area contributed by atoms with Crippen LogP contribution < -0.4 is 11.1 Å². The number of ether oxygens (including phenoxy) is 1. The van der Waals surface area contributed by atoms with Gasteiger partial charge in [-0.2, -0.15) is 0 Å². The predicted octanol–water partition coefficient (Wildman–Crippen LogP) is 3.26. The Hall–Kier alpha value is -1.11. The Morgan fingerprint density at radius 3 is 3.00 bits per heavy atom. The average molecular weight is 357 g/mol. The van der Waals surface area contributed by atoms with Gasteiger partial charge in [0.15, 0.2) is 0 Å². The van der Waals surface area contributed by atoms with Crippen LogP contribution in [0.15, 0.2) is 22.7 Å². The second kappa shape index (κ2) is 6.56. The molecule has 4 nitrogen and oxygen atoms in total. The number of amides is 1. The summed E-state index contributed by atoms with van der Waals surface area (Å²) in [6, 6.07) is 5.82. The minimum absolute atomic E-state index is 0.122. The number of hydrogen-bond donors (Lipinski definition) is 2. The van der Waals surface area contributed by atoms with E-state index in [-0.39, 0.29) is 11.8 Å². The van der Waals surface area contributed by atoms with Gasteiger partial charge in [-0.1, -0.05) is 28.9 Å². The molecule has 1 aromatic carbocycles. The van der Waals surface area contributed by atoms with Crippen molar-refractivity contribution < 1.29 is 9.53 Å². The lowest BCUT2D eigenvalue weighted by molar-refractivity contribution is 0.0939. The van der Waals surface area contributed by atoms with E-state index in [0.717, 1.165) is 14.6 Å². The monoisotopic (exact) mass is 356 g/mol. The maximum absolute atomic E-state index is 12.2. The highest BCUT2D eigenvalue weighted by molar-refractivity contribution is 9.10. The Kier molecular flexibility index (Phi) is 5.01. The fourth-order valence-corrected chi connectivity index (χ4v) is 3.54. The van der Waals surface area contributed by atoms with Crippen LogP contribution in [0.25, 0.3) is 10.1 Å². The Bertz CT molecular complexity index is 627. The molecular formula is C14H17BrN2O2S. The molecule has 0 spiro atoms. The van der Waals surface area contributed by atoms with E-state index in [0.29, 0.717) is 23.7 Å². The minimum Gasteiger partial charge on any atom is -0.397 e. The summed E-state index contributed by atoms with van der Waals surface area (Å²) >= 11 is 4.83. The summed E-state index contributed by atoms with van der Waals surface area (Å²) in [5.74, 6) is 0.150. The molecule has 20 heavy (non-hydrogen) atoms. The lowest BCUT2D eigenvalue weighted by Crippen LogP contribution is -2.29. The lowest BCUT2D eigenvalue weighted by atomic mass is 10.2. The maximum atomic E-state index is 12.2. The second-order valence-corrected chi connectivity index (χ2v) is 6.72. The van der Waals surface area contributed by atoms with E-state index >= 15 is 0 Å². The minimum atomic E-state index is -0.122. The zero-order valence-corrected chi connectivity index (χ0v) is 13.8. The van der Waals surface area contributed by atoms with E-state index in [2.05, 4.69) is 21.2 Å². The van der Waals surface area contributed by atoms with Crippen LogP contribution in [-0.4, -0.2) is 26.2 Å². The number of nitrogens with two attached hydrogens (primary N) is 1. The van der Waals surface area contributed by atoms with Gasteiger partial charge in [-0.25, -0.2) is 0 Å². The molecule has 0 aliphatic heterocycles. The Labute approximate surface area is 130 Å². The number of nitrogens with one attached hydrogen (secondary N) is 1. The van der Waals surface area contributed by atoms with Crippen molar-refractivity contribution in [3.8, 4) is 0 Å². The third-order valence-electron chi connectivity index (χ3n) is 2.96. The summed E-state index contributed by atoms with van der Waals surface area (Å²) in [5.41, 5.74) is 6.61. The summed E-state index contributed by atoms with van der Waals surface area (Å²) in [6.07, 6.45) is 0. The molecule has 1 amide bonds. The SMILES string of the molecule is COCC(C)CNC(=O)c1sc2cc(Br)ccc2c1N. The van der Waals surface area contributed by atoms with E-state index in [1.807, 2.05) is 25.1 Å². The highest BCUT2D eigenvalue weighted by Gasteiger charge is 2.16. The highest BCUT2D eigenvalue weighted by Crippen LogP contribution is 2.35. The molecule has 6 heteroatoms. The van der Waals surface area contributed by atoms with Gasteiger partial charge in [-0.05, 0) is 18.1 Å². The van der Waals surface area contributed by atoms with Gasteiger partial charge in [-0.3, -0.25) is 4.79 Å². The number of benzene rings is 1. The van der Waals surface area contributed by atoms with Crippen molar-refractivity contribution in [2.75, 3.05) is 26.0 Å². The normalized spacial score (nSPS) is 12.6. The van der Waals surface area contributed by atoms with Crippen molar-refractivity contribution in [3.63, 3.8) is 0 Å². The molecular weight excluding hydrogens is 340 g/mol. The molecule has 0 aliphatic rings. The molecule has 0 saturated heterocycles. The smallest absolute Gasteiger partial charge is 0.263 e. The number of halogens is 1. The van der Waals surface area contributed by atoms with Gasteiger partial charge >= 0.3 is 0 Å². The molecule has 0 aliphatic carbocycles. The van der Waals surface area contributed by atoms with Crippen LogP contribution in [0.4, 0.5) is 5.69 Å². The summed E-state index contributed by atoms with van der Waals surface area (Å²) in [7, 11) is 1.65. The van der Waals surface area contributed by atoms with Crippen LogP contribution >= 0.6 is 27.3 Å². The molecule has 1 unspecified atom stereocenters. The first kappa shape index (κ1) is 15.3. The van der Waals surface area contributed by atoms with E-state index in [1.54, 1.807) is 7.11 Å². The van der Waals surface area contributed by atoms with Crippen molar-refractivity contribution in [2.24, 2.45) is 5.92 Å². The number of methoxy groups -OCH3 is 1.